The molecule has 7 atom stereocenters. The predicted octanol–water partition coefficient (Wildman–Crippen LogP) is 0.576. The largest absolute Gasteiger partial charge is 0.494 e. The van der Waals surface area contributed by atoms with Gasteiger partial charge in [0.25, 0.3) is 0 Å². The van der Waals surface area contributed by atoms with E-state index in [0.717, 1.165) is 24.8 Å². The normalized spacial score (nSPS) is 22.0. The van der Waals surface area contributed by atoms with Crippen molar-refractivity contribution in [3.8, 4) is 5.75 Å². The maximum Gasteiger partial charge on any atom is 0.245 e. The number of carbonyl (C=O) groups excluding carboxylic acids is 9. The number of aliphatic imine (C=N–C) groups is 1. The van der Waals surface area contributed by atoms with Crippen LogP contribution in [0.2, 0.25) is 0 Å². The van der Waals surface area contributed by atoms with E-state index in [9.17, 15) is 43.2 Å². The second kappa shape index (κ2) is 30.0. The molecule has 0 spiro atoms. The van der Waals surface area contributed by atoms with Crippen LogP contribution in [0.1, 0.15) is 128 Å². The van der Waals surface area contributed by atoms with Gasteiger partial charge in [-0.1, -0.05) is 56.3 Å². The maximum absolute atomic E-state index is 14.7. The van der Waals surface area contributed by atoms with E-state index in [-0.39, 0.29) is 69.0 Å². The van der Waals surface area contributed by atoms with Gasteiger partial charge in [-0.25, -0.2) is 0 Å². The van der Waals surface area contributed by atoms with Gasteiger partial charge in [-0.2, -0.15) is 0 Å². The molecule has 7 rings (SSSR count). The Balaban J connectivity index is 1.17. The standard InChI is InChI=1S/C58H87N13O10/c1-4-81-40-19-17-36(18-20-40)28-43(65-48(73)33-58-30-37-24-38(31-58)26-39(25-37)32-58)51(75)68-44(27-35-12-6-5-7-13-35)53(77)70-49(34(2)3)55(79)69-45(29-47(60)72)52(76)67-42(14-8-9-21-59)56(80)71-23-11-16-46(71)54(78)66-41(50(61)74)15-10-22-64-57(62)63/h5-7,12-13,17-20,34,37-39,41-46,49H,4,8-11,14-16,21-33,59H2,1-3H3,(H2,60,72)(H2,61,74)(H,65,73)(H,66,78)(H,67,76)(H,68,75)(H,69,79)(H,70,77)(H4,62,63,64)/t37?,38?,39?,41-,42-,43+,44-,45-,46+,49-,58?/m0/s1. The molecular weight excluding hydrogens is 1040 g/mol. The lowest BCUT2D eigenvalue weighted by Gasteiger charge is -2.56. The van der Waals surface area contributed by atoms with Gasteiger partial charge in [0.1, 0.15) is 48.0 Å². The fraction of sp³-hybridized carbons (Fsp3) is 0.621. The fourth-order valence-corrected chi connectivity index (χ4v) is 12.8. The number of ether oxygens (including phenoxy) is 1. The van der Waals surface area contributed by atoms with Gasteiger partial charge in [0.15, 0.2) is 5.96 Å². The first-order chi connectivity index (χ1) is 38.7. The summed E-state index contributed by atoms with van der Waals surface area (Å²) in [5.74, 6) is -4.59. The zero-order valence-corrected chi connectivity index (χ0v) is 47.3. The highest BCUT2D eigenvalue weighted by atomic mass is 16.5. The van der Waals surface area contributed by atoms with Crippen LogP contribution in [0.5, 0.6) is 5.75 Å². The number of hydrogen-bond donors (Lipinski definition) is 11. The van der Waals surface area contributed by atoms with Crippen LogP contribution < -0.4 is 65.3 Å². The van der Waals surface area contributed by atoms with E-state index in [1.54, 1.807) is 50.2 Å². The number of nitrogens with zero attached hydrogens (tertiary/aromatic N) is 2. The summed E-state index contributed by atoms with van der Waals surface area (Å²) >= 11 is 0. The number of nitrogens with two attached hydrogens (primary N) is 5. The Kier molecular flexibility index (Phi) is 23.3. The van der Waals surface area contributed by atoms with Crippen molar-refractivity contribution in [2.24, 2.45) is 62.7 Å². The lowest BCUT2D eigenvalue weighted by atomic mass is 9.49. The highest BCUT2D eigenvalue weighted by Crippen LogP contribution is 2.61. The molecule has 23 nitrogen and oxygen atoms in total. The smallest absolute Gasteiger partial charge is 0.245 e. The van der Waals surface area contributed by atoms with Crippen molar-refractivity contribution in [3.05, 3.63) is 65.7 Å². The number of benzene rings is 2. The van der Waals surface area contributed by atoms with Gasteiger partial charge in [-0.05, 0) is 149 Å². The van der Waals surface area contributed by atoms with Gasteiger partial charge >= 0.3 is 0 Å². The molecule has 23 heteroatoms. The molecule has 0 unspecified atom stereocenters. The molecule has 444 valence electrons. The summed E-state index contributed by atoms with van der Waals surface area (Å²) in [6, 6.07) is 7.58. The first kappa shape index (κ1) is 62.9. The molecule has 0 aromatic heterocycles. The highest BCUT2D eigenvalue weighted by Gasteiger charge is 2.52. The maximum atomic E-state index is 14.7. The summed E-state index contributed by atoms with van der Waals surface area (Å²) in [5.41, 5.74) is 29.2. The van der Waals surface area contributed by atoms with Crippen molar-refractivity contribution in [2.45, 2.75) is 172 Å². The van der Waals surface area contributed by atoms with Crippen LogP contribution in [0.3, 0.4) is 0 Å². The zero-order chi connectivity index (χ0) is 58.8. The number of rotatable bonds is 32. The van der Waals surface area contributed by atoms with Gasteiger partial charge < -0.3 is 70.2 Å². The molecule has 9 amide bonds. The first-order valence-corrected chi connectivity index (χ1v) is 28.9. The van der Waals surface area contributed by atoms with Crippen molar-refractivity contribution < 1.29 is 47.9 Å². The van der Waals surface area contributed by atoms with E-state index in [1.165, 1.54) is 24.2 Å². The van der Waals surface area contributed by atoms with Crippen LogP contribution in [0, 0.1) is 29.1 Å². The lowest BCUT2D eigenvalue weighted by molar-refractivity contribution is -0.142. The average molecular weight is 1130 g/mol. The molecule has 5 aliphatic rings. The third-order valence-electron chi connectivity index (χ3n) is 16.2. The van der Waals surface area contributed by atoms with Crippen molar-refractivity contribution >= 4 is 59.1 Å². The highest BCUT2D eigenvalue weighted by molar-refractivity contribution is 5.99. The van der Waals surface area contributed by atoms with Gasteiger partial charge in [-0.15, -0.1) is 0 Å². The third-order valence-corrected chi connectivity index (χ3v) is 16.2. The molecule has 0 radical (unpaired) electrons. The van der Waals surface area contributed by atoms with Gasteiger partial charge in [0.2, 0.25) is 53.2 Å². The molecule has 5 fully saturated rings. The fourth-order valence-electron chi connectivity index (χ4n) is 12.8. The Hall–Kier alpha value is -7.30. The van der Waals surface area contributed by atoms with Crippen LogP contribution in [0.15, 0.2) is 59.6 Å². The minimum Gasteiger partial charge on any atom is -0.494 e. The Bertz CT molecular complexity index is 2510. The molecule has 4 aliphatic carbocycles. The third kappa shape index (κ3) is 18.6. The van der Waals surface area contributed by atoms with E-state index in [4.69, 9.17) is 33.4 Å². The van der Waals surface area contributed by atoms with E-state index in [2.05, 4.69) is 36.9 Å². The van der Waals surface area contributed by atoms with Crippen molar-refractivity contribution in [3.63, 3.8) is 0 Å². The summed E-state index contributed by atoms with van der Waals surface area (Å²) in [7, 11) is 0. The molecule has 1 aliphatic heterocycles. The second-order valence-corrected chi connectivity index (χ2v) is 23.2. The molecule has 81 heavy (non-hydrogen) atoms. The predicted molar refractivity (Wildman–Crippen MR) is 304 cm³/mol. The molecule has 16 N–H and O–H groups in total. The van der Waals surface area contributed by atoms with Crippen molar-refractivity contribution in [1.82, 2.24) is 36.8 Å². The number of primary amides is 2. The van der Waals surface area contributed by atoms with Crippen LogP contribution in [-0.4, -0.2) is 133 Å². The number of nitrogens with one attached hydrogen (secondary N) is 6. The minimum atomic E-state index is -1.63. The second-order valence-electron chi connectivity index (χ2n) is 23.2. The van der Waals surface area contributed by atoms with Crippen LogP contribution in [0.4, 0.5) is 0 Å². The lowest BCUT2D eigenvalue weighted by Crippen LogP contribution is -2.61. The van der Waals surface area contributed by atoms with E-state index in [1.807, 2.05) is 25.1 Å². The van der Waals surface area contributed by atoms with Crippen LogP contribution >= 0.6 is 0 Å². The van der Waals surface area contributed by atoms with Crippen molar-refractivity contribution in [1.29, 1.82) is 0 Å². The topological polar surface area (TPSA) is 381 Å². The molecule has 2 aromatic carbocycles. The van der Waals surface area contributed by atoms with Gasteiger partial charge in [0.05, 0.1) is 13.0 Å². The SMILES string of the molecule is CCOc1ccc(C[C@@H](NC(=O)CC23CC4CC(CC(C4)C2)C3)C(=O)N[C@@H](Cc2ccccc2)C(=O)N[C@H](C(=O)N[C@@H](CC(N)=O)C(=O)N[C@@H](CCCCN)C(=O)N2CCC[C@@H]2C(=O)N[C@@H](CCCN=C(N)N)C(N)=O)C(C)C)cc1. The average Bonchev–Trinajstić information content (AvgIpc) is 3.54. The Morgan fingerprint density at radius 3 is 1.81 bits per heavy atom. The number of hydrogen-bond acceptors (Lipinski definition) is 12. The van der Waals surface area contributed by atoms with Crippen LogP contribution in [-0.2, 0) is 56.0 Å². The monoisotopic (exact) mass is 1130 g/mol. The summed E-state index contributed by atoms with van der Waals surface area (Å²) in [5, 5.41) is 16.7. The minimum absolute atomic E-state index is 0.0000792. The number of unbranched alkanes of at least 4 members (excludes halogenated alkanes) is 1. The quantitative estimate of drug-likeness (QED) is 0.0272. The number of likely N-dealkylation sites (tertiary alicyclic amines) is 1. The molecule has 1 heterocycles. The number of carbonyl (C=O) groups is 9. The van der Waals surface area contributed by atoms with Gasteiger partial charge in [0, 0.05) is 32.4 Å². The van der Waals surface area contributed by atoms with Crippen LogP contribution in [0.25, 0.3) is 0 Å². The van der Waals surface area contributed by atoms with E-state index < -0.39 is 102 Å². The Morgan fingerprint density at radius 2 is 1.23 bits per heavy atom. The summed E-state index contributed by atoms with van der Waals surface area (Å²) in [6.07, 6.45) is 8.46. The van der Waals surface area contributed by atoms with E-state index in [0.29, 0.717) is 67.8 Å². The number of amides is 9. The van der Waals surface area contributed by atoms with E-state index >= 15 is 0 Å². The Morgan fingerprint density at radius 1 is 0.667 bits per heavy atom. The molecule has 2 aromatic rings. The molecule has 1 saturated heterocycles. The summed E-state index contributed by atoms with van der Waals surface area (Å²) < 4.78 is 5.65. The molecule has 4 saturated carbocycles. The zero-order valence-electron chi connectivity index (χ0n) is 47.3. The summed E-state index contributed by atoms with van der Waals surface area (Å²) in [6.45, 7) is 6.30. The van der Waals surface area contributed by atoms with Crippen molar-refractivity contribution in [2.75, 3.05) is 26.2 Å². The van der Waals surface area contributed by atoms with Gasteiger partial charge in [-0.3, -0.25) is 48.1 Å². The Labute approximate surface area is 474 Å². The first-order valence-electron chi connectivity index (χ1n) is 28.9. The number of guanidine groups is 1. The molecular formula is C58H87N13O10. The molecule has 4 bridgehead atoms. The summed E-state index contributed by atoms with van der Waals surface area (Å²) in [4.78, 5) is 130.